The van der Waals surface area contributed by atoms with Crippen molar-refractivity contribution in [2.75, 3.05) is 7.11 Å². The summed E-state index contributed by atoms with van der Waals surface area (Å²) in [5, 5.41) is 7.00. The lowest BCUT2D eigenvalue weighted by Gasteiger charge is -2.14. The van der Waals surface area contributed by atoms with Crippen LogP contribution in [0.3, 0.4) is 0 Å². The molecule has 0 unspecified atom stereocenters. The number of hydrogen-bond donors (Lipinski definition) is 2. The van der Waals surface area contributed by atoms with Crippen molar-refractivity contribution in [1.82, 2.24) is 19.5 Å². The number of nitrogens with one attached hydrogen (secondary N) is 1. The molecule has 1 saturated heterocycles. The van der Waals surface area contributed by atoms with E-state index in [1.807, 2.05) is 18.4 Å². The Bertz CT molecular complexity index is 635. The van der Waals surface area contributed by atoms with E-state index in [9.17, 15) is 4.79 Å². The van der Waals surface area contributed by atoms with Gasteiger partial charge < -0.3 is 14.8 Å². The topological polar surface area (TPSA) is 93.0 Å². The van der Waals surface area contributed by atoms with Gasteiger partial charge in [0.1, 0.15) is 12.1 Å². The number of aliphatic hydroxyl groups excluding tert-OH is 1. The number of aryl methyl sites for hydroxylation is 1. The second-order valence-electron chi connectivity index (χ2n) is 4.67. The SMILES string of the molecule is CC.CC[C@@H]1CC[C@H](n2cnc3c(=O)[nH]c(C)nc32)O1.CO. The first-order valence-electron chi connectivity index (χ1n) is 7.72. The number of aliphatic hydroxyl groups is 1. The number of H-pyrrole nitrogens is 1. The van der Waals surface area contributed by atoms with Gasteiger partial charge in [-0.3, -0.25) is 9.36 Å². The largest absolute Gasteiger partial charge is 0.400 e. The number of rotatable bonds is 2. The number of aromatic amines is 1. The lowest BCUT2D eigenvalue weighted by molar-refractivity contribution is 0.00288. The van der Waals surface area contributed by atoms with Gasteiger partial charge in [-0.2, -0.15) is 0 Å². The first kappa shape index (κ1) is 18.3. The summed E-state index contributed by atoms with van der Waals surface area (Å²) in [6.07, 6.45) is 4.90. The van der Waals surface area contributed by atoms with E-state index in [4.69, 9.17) is 9.84 Å². The molecule has 7 heteroatoms. The molecule has 0 radical (unpaired) electrons. The van der Waals surface area contributed by atoms with Crippen molar-refractivity contribution in [3.63, 3.8) is 0 Å². The molecule has 0 spiro atoms. The number of nitrogens with zero attached hydrogens (tertiary/aromatic N) is 3. The Balaban J connectivity index is 0.000000561. The maximum Gasteiger partial charge on any atom is 0.279 e. The van der Waals surface area contributed by atoms with Gasteiger partial charge in [0.2, 0.25) is 0 Å². The van der Waals surface area contributed by atoms with E-state index >= 15 is 0 Å². The highest BCUT2D eigenvalue weighted by Crippen LogP contribution is 2.30. The molecule has 22 heavy (non-hydrogen) atoms. The van der Waals surface area contributed by atoms with Crippen molar-refractivity contribution in [3.05, 3.63) is 22.5 Å². The normalized spacial score (nSPS) is 20.1. The minimum Gasteiger partial charge on any atom is -0.400 e. The molecule has 124 valence electrons. The molecular formula is C15H26N4O3. The number of ether oxygens (including phenoxy) is 1. The molecule has 0 amide bonds. The smallest absolute Gasteiger partial charge is 0.279 e. The highest BCUT2D eigenvalue weighted by Gasteiger charge is 2.27. The van der Waals surface area contributed by atoms with E-state index in [-0.39, 0.29) is 11.8 Å². The van der Waals surface area contributed by atoms with E-state index in [2.05, 4.69) is 21.9 Å². The van der Waals surface area contributed by atoms with Crippen molar-refractivity contribution in [1.29, 1.82) is 0 Å². The molecule has 0 aliphatic carbocycles. The third-order valence-corrected chi connectivity index (χ3v) is 3.40. The Kier molecular flexibility index (Phi) is 7.20. The Morgan fingerprint density at radius 3 is 2.68 bits per heavy atom. The summed E-state index contributed by atoms with van der Waals surface area (Å²) in [7, 11) is 1.00. The molecule has 0 saturated carbocycles. The molecule has 2 aromatic heterocycles. The zero-order chi connectivity index (χ0) is 16.7. The van der Waals surface area contributed by atoms with Crippen molar-refractivity contribution >= 4 is 11.2 Å². The Morgan fingerprint density at radius 1 is 1.41 bits per heavy atom. The van der Waals surface area contributed by atoms with Crippen LogP contribution >= 0.6 is 0 Å². The van der Waals surface area contributed by atoms with Gasteiger partial charge in [-0.1, -0.05) is 20.8 Å². The monoisotopic (exact) mass is 310 g/mol. The van der Waals surface area contributed by atoms with Gasteiger partial charge in [-0.15, -0.1) is 0 Å². The van der Waals surface area contributed by atoms with Gasteiger partial charge >= 0.3 is 0 Å². The van der Waals surface area contributed by atoms with Crippen LogP contribution in [0, 0.1) is 6.92 Å². The predicted molar refractivity (Wildman–Crippen MR) is 85.8 cm³/mol. The highest BCUT2D eigenvalue weighted by molar-refractivity contribution is 5.69. The van der Waals surface area contributed by atoms with Crippen molar-refractivity contribution in [3.8, 4) is 0 Å². The summed E-state index contributed by atoms with van der Waals surface area (Å²) in [5.41, 5.74) is 0.795. The van der Waals surface area contributed by atoms with Gasteiger partial charge in [0.15, 0.2) is 11.2 Å². The van der Waals surface area contributed by atoms with Crippen LogP contribution in [0.2, 0.25) is 0 Å². The Hall–Kier alpha value is -1.73. The van der Waals surface area contributed by atoms with Crippen molar-refractivity contribution in [2.24, 2.45) is 0 Å². The van der Waals surface area contributed by atoms with Crippen LogP contribution in [0.1, 0.15) is 52.1 Å². The maximum absolute atomic E-state index is 11.7. The fourth-order valence-corrected chi connectivity index (χ4v) is 2.44. The molecule has 2 aromatic rings. The van der Waals surface area contributed by atoms with Crippen LogP contribution < -0.4 is 5.56 Å². The lowest BCUT2D eigenvalue weighted by atomic mass is 10.2. The summed E-state index contributed by atoms with van der Waals surface area (Å²) in [4.78, 5) is 22.9. The minimum atomic E-state index is -0.193. The third kappa shape index (κ3) is 3.72. The summed E-state index contributed by atoms with van der Waals surface area (Å²) in [6, 6.07) is 0. The van der Waals surface area contributed by atoms with E-state index in [0.717, 1.165) is 26.4 Å². The number of fused-ring (bicyclic) bond motifs is 1. The molecule has 1 aliphatic rings. The van der Waals surface area contributed by atoms with E-state index in [0.29, 0.717) is 23.1 Å². The van der Waals surface area contributed by atoms with Gasteiger partial charge in [-0.25, -0.2) is 9.97 Å². The lowest BCUT2D eigenvalue weighted by Crippen LogP contribution is -2.13. The zero-order valence-corrected chi connectivity index (χ0v) is 14.0. The fraction of sp³-hybridized carbons (Fsp3) is 0.667. The molecular weight excluding hydrogens is 284 g/mol. The standard InChI is InChI=1S/C12H16N4O2.C2H6.CH4O/c1-3-8-4-5-9(18-8)16-6-13-10-11(16)14-7(2)15-12(10)17;2*1-2/h6,8-9H,3-5H2,1-2H3,(H,14,15,17);1-2H3;2H,1H3/t8-,9-;;/m1../s1. The van der Waals surface area contributed by atoms with Crippen LogP contribution in [0.4, 0.5) is 0 Å². The van der Waals surface area contributed by atoms with Crippen LogP contribution in [-0.4, -0.2) is 37.8 Å². The van der Waals surface area contributed by atoms with Crippen molar-refractivity contribution < 1.29 is 9.84 Å². The molecule has 2 atom stereocenters. The molecule has 1 fully saturated rings. The zero-order valence-electron chi connectivity index (χ0n) is 14.0. The first-order chi connectivity index (χ1) is 10.7. The Labute approximate surface area is 130 Å². The van der Waals surface area contributed by atoms with Crippen LogP contribution in [0.5, 0.6) is 0 Å². The number of imidazole rings is 1. The first-order valence-corrected chi connectivity index (χ1v) is 7.72. The van der Waals surface area contributed by atoms with Crippen LogP contribution in [0.25, 0.3) is 11.2 Å². The summed E-state index contributed by atoms with van der Waals surface area (Å²) in [5.74, 6) is 0.597. The van der Waals surface area contributed by atoms with Crippen LogP contribution in [0.15, 0.2) is 11.1 Å². The molecule has 0 bridgehead atoms. The second kappa shape index (κ2) is 8.65. The number of aromatic nitrogens is 4. The molecule has 7 nitrogen and oxygen atoms in total. The molecule has 2 N–H and O–H groups in total. The van der Waals surface area contributed by atoms with Crippen LogP contribution in [-0.2, 0) is 4.74 Å². The predicted octanol–water partition coefficient (Wildman–Crippen LogP) is 2.15. The summed E-state index contributed by atoms with van der Waals surface area (Å²) < 4.78 is 7.78. The summed E-state index contributed by atoms with van der Waals surface area (Å²) >= 11 is 0. The fourth-order valence-electron chi connectivity index (χ4n) is 2.44. The van der Waals surface area contributed by atoms with Gasteiger partial charge in [0, 0.05) is 7.11 Å². The van der Waals surface area contributed by atoms with Gasteiger partial charge in [0.05, 0.1) is 12.4 Å². The van der Waals surface area contributed by atoms with E-state index in [1.165, 1.54) is 0 Å². The second-order valence-corrected chi connectivity index (χ2v) is 4.67. The van der Waals surface area contributed by atoms with E-state index < -0.39 is 0 Å². The average Bonchev–Trinajstić information content (AvgIpc) is 3.17. The average molecular weight is 310 g/mol. The Morgan fingerprint density at radius 2 is 2.09 bits per heavy atom. The number of hydrogen-bond acceptors (Lipinski definition) is 5. The van der Waals surface area contributed by atoms with Gasteiger partial charge in [0.25, 0.3) is 5.56 Å². The highest BCUT2D eigenvalue weighted by atomic mass is 16.5. The molecule has 3 heterocycles. The quantitative estimate of drug-likeness (QED) is 0.886. The third-order valence-electron chi connectivity index (χ3n) is 3.40. The minimum absolute atomic E-state index is 0.0475. The summed E-state index contributed by atoms with van der Waals surface area (Å²) in [6.45, 7) is 7.88. The van der Waals surface area contributed by atoms with E-state index in [1.54, 1.807) is 13.3 Å². The molecule has 0 aromatic carbocycles. The van der Waals surface area contributed by atoms with Gasteiger partial charge in [-0.05, 0) is 26.2 Å². The maximum atomic E-state index is 11.7. The van der Waals surface area contributed by atoms with Crippen molar-refractivity contribution in [2.45, 2.75) is 59.3 Å². The molecule has 3 rings (SSSR count). The molecule has 1 aliphatic heterocycles.